The van der Waals surface area contributed by atoms with Gasteiger partial charge >= 0.3 is 6.00 Å². The summed E-state index contributed by atoms with van der Waals surface area (Å²) in [5, 5.41) is 0.900. The number of rotatable bonds is 1. The van der Waals surface area contributed by atoms with Gasteiger partial charge in [-0.3, -0.25) is 0 Å². The van der Waals surface area contributed by atoms with Crippen LogP contribution in [0.5, 0.6) is 0 Å². The fourth-order valence-corrected chi connectivity index (χ4v) is 3.92. The fraction of sp³-hybridized carbons (Fsp3) is 0.400. The van der Waals surface area contributed by atoms with Crippen molar-refractivity contribution in [2.45, 2.75) is 26.2 Å². The summed E-state index contributed by atoms with van der Waals surface area (Å²) in [4.78, 5) is 0. The molecule has 0 atom stereocenters. The summed E-state index contributed by atoms with van der Waals surface area (Å²) in [6.07, 6.45) is 0. The summed E-state index contributed by atoms with van der Waals surface area (Å²) >= 11 is 18.1. The zero-order valence-corrected chi connectivity index (χ0v) is 11.7. The molecule has 0 saturated heterocycles. The van der Waals surface area contributed by atoms with E-state index in [1.165, 1.54) is 0 Å². The van der Waals surface area contributed by atoms with E-state index in [1.807, 2.05) is 24.3 Å². The van der Waals surface area contributed by atoms with Gasteiger partial charge in [-0.15, -0.1) is 33.2 Å². The summed E-state index contributed by atoms with van der Waals surface area (Å²) in [5.41, 5.74) is 1.15. The highest BCUT2D eigenvalue weighted by Gasteiger charge is 2.33. The number of hydrogen-bond donors (Lipinski definition) is 0. The Kier molecular flexibility index (Phi) is 3.58. The average Bonchev–Trinajstić information content (AvgIpc) is 2.01. The highest BCUT2D eigenvalue weighted by atomic mass is 35.8. The molecule has 0 aliphatic rings. The van der Waals surface area contributed by atoms with Crippen molar-refractivity contribution in [3.8, 4) is 0 Å². The predicted octanol–water partition coefficient (Wildman–Crippen LogP) is 3.85. The minimum atomic E-state index is -2.77. The molecule has 0 amide bonds. The van der Waals surface area contributed by atoms with Gasteiger partial charge in [0.2, 0.25) is 0 Å². The Labute approximate surface area is 100 Å². The molecule has 78 valence electrons. The maximum Gasteiger partial charge on any atom is 0.373 e. The van der Waals surface area contributed by atoms with Gasteiger partial charge in [0.25, 0.3) is 0 Å². The second-order valence-corrected chi connectivity index (χ2v) is 12.7. The normalized spacial score (nSPS) is 13.0. The van der Waals surface area contributed by atoms with Crippen molar-refractivity contribution in [1.82, 2.24) is 0 Å². The van der Waals surface area contributed by atoms with Gasteiger partial charge in [0, 0.05) is 0 Å². The Bertz CT molecular complexity index is 290. The Hall–Kier alpha value is 0.307. The lowest BCUT2D eigenvalue weighted by Crippen LogP contribution is -2.37. The van der Waals surface area contributed by atoms with Crippen LogP contribution in [0.2, 0.25) is 0 Å². The first kappa shape index (κ1) is 12.4. The van der Waals surface area contributed by atoms with Gasteiger partial charge in [0.05, 0.1) is 0 Å². The smallest absolute Gasteiger partial charge is 0.121 e. The second kappa shape index (κ2) is 4.05. The summed E-state index contributed by atoms with van der Waals surface area (Å²) in [6, 6.07) is 5.07. The highest BCUT2D eigenvalue weighted by molar-refractivity contribution is 7.69. The van der Waals surface area contributed by atoms with Gasteiger partial charge in [-0.25, -0.2) is 0 Å². The molecule has 0 spiro atoms. The third kappa shape index (κ3) is 2.90. The summed E-state index contributed by atoms with van der Waals surface area (Å²) in [5.74, 6) is 0. The van der Waals surface area contributed by atoms with Crippen LogP contribution in [0.25, 0.3) is 0 Å². The molecule has 0 N–H and O–H groups in total. The Balaban J connectivity index is 3.31. The van der Waals surface area contributed by atoms with Crippen molar-refractivity contribution in [2.75, 3.05) is 0 Å². The van der Waals surface area contributed by atoms with E-state index in [0.29, 0.717) is 0 Å². The van der Waals surface area contributed by atoms with Crippen LogP contribution in [0.15, 0.2) is 24.3 Å². The van der Waals surface area contributed by atoms with Gasteiger partial charge in [-0.2, -0.15) is 0 Å². The minimum absolute atomic E-state index is 0.0213. The predicted molar refractivity (Wildman–Crippen MR) is 68.1 cm³/mol. The van der Waals surface area contributed by atoms with Crippen molar-refractivity contribution in [1.29, 1.82) is 0 Å². The van der Waals surface area contributed by atoms with E-state index in [2.05, 4.69) is 20.8 Å². The van der Waals surface area contributed by atoms with Gasteiger partial charge in [-0.05, 0) is 16.2 Å². The molecule has 0 fully saturated rings. The summed E-state index contributed by atoms with van der Waals surface area (Å²) in [6.45, 7) is 6.36. The van der Waals surface area contributed by atoms with Gasteiger partial charge < -0.3 is 0 Å². The van der Waals surface area contributed by atoms with Crippen LogP contribution in [0.3, 0.4) is 0 Å². The van der Waals surface area contributed by atoms with E-state index in [4.69, 9.17) is 33.2 Å². The first-order valence-electron chi connectivity index (χ1n) is 4.39. The zero-order valence-electron chi connectivity index (χ0n) is 8.44. The molecule has 0 unspecified atom stereocenters. The molecule has 0 heterocycles. The lowest BCUT2D eigenvalue weighted by atomic mass is 9.87. The van der Waals surface area contributed by atoms with Crippen LogP contribution < -0.4 is 5.19 Å². The molecule has 0 radical (unpaired) electrons. The molecule has 1 aromatic carbocycles. The van der Waals surface area contributed by atoms with Crippen molar-refractivity contribution in [3.05, 3.63) is 29.8 Å². The maximum atomic E-state index is 6.04. The van der Waals surface area contributed by atoms with Crippen molar-refractivity contribution in [2.24, 2.45) is 0 Å². The van der Waals surface area contributed by atoms with Gasteiger partial charge in [0.1, 0.15) is 0 Å². The molecule has 0 aliphatic carbocycles. The van der Waals surface area contributed by atoms with Gasteiger partial charge in [-0.1, -0.05) is 45.0 Å². The number of hydrogen-bond acceptors (Lipinski definition) is 0. The van der Waals surface area contributed by atoms with Crippen LogP contribution in [0.4, 0.5) is 0 Å². The molecule has 1 aromatic rings. The van der Waals surface area contributed by atoms with E-state index in [-0.39, 0.29) is 5.41 Å². The van der Waals surface area contributed by atoms with Crippen molar-refractivity contribution >= 4 is 44.4 Å². The summed E-state index contributed by atoms with van der Waals surface area (Å²) < 4.78 is 0. The molecule has 0 aromatic heterocycles. The summed E-state index contributed by atoms with van der Waals surface area (Å²) in [7, 11) is 0. The largest absolute Gasteiger partial charge is 0.373 e. The average molecular weight is 268 g/mol. The lowest BCUT2D eigenvalue weighted by molar-refractivity contribution is 0.594. The minimum Gasteiger partial charge on any atom is -0.121 e. The van der Waals surface area contributed by atoms with E-state index >= 15 is 0 Å². The van der Waals surface area contributed by atoms with Crippen LogP contribution in [-0.2, 0) is 5.41 Å². The Morgan fingerprint density at radius 2 is 1.50 bits per heavy atom. The fourth-order valence-electron chi connectivity index (χ4n) is 1.38. The van der Waals surface area contributed by atoms with E-state index in [9.17, 15) is 0 Å². The van der Waals surface area contributed by atoms with Crippen molar-refractivity contribution in [3.63, 3.8) is 0 Å². The molecular weight excluding hydrogens is 255 g/mol. The molecule has 4 heteroatoms. The SMILES string of the molecule is CC(C)(C)c1ccccc1[Si](Cl)(Cl)Cl. The lowest BCUT2D eigenvalue weighted by Gasteiger charge is -2.24. The number of benzene rings is 1. The van der Waals surface area contributed by atoms with Crippen LogP contribution in [-0.4, -0.2) is 6.00 Å². The topological polar surface area (TPSA) is 0 Å². The first-order chi connectivity index (χ1) is 6.23. The molecular formula is C10H13Cl3Si. The quantitative estimate of drug-likeness (QED) is 0.536. The van der Waals surface area contributed by atoms with Crippen LogP contribution in [0, 0.1) is 0 Å². The second-order valence-electron chi connectivity index (χ2n) is 4.29. The first-order valence-corrected chi connectivity index (χ1v) is 9.43. The Morgan fingerprint density at radius 3 is 1.86 bits per heavy atom. The zero-order chi connectivity index (χ0) is 11.0. The molecule has 0 saturated carbocycles. The van der Waals surface area contributed by atoms with Crippen LogP contribution in [0.1, 0.15) is 26.3 Å². The van der Waals surface area contributed by atoms with E-state index in [1.54, 1.807) is 0 Å². The monoisotopic (exact) mass is 266 g/mol. The molecule has 0 nitrogen and oxygen atoms in total. The third-order valence-corrected chi connectivity index (χ3v) is 4.92. The number of halogens is 3. The molecule has 14 heavy (non-hydrogen) atoms. The third-order valence-electron chi connectivity index (χ3n) is 2.04. The molecule has 1 rings (SSSR count). The molecule has 0 aliphatic heterocycles. The van der Waals surface area contributed by atoms with Gasteiger partial charge in [0.15, 0.2) is 0 Å². The Morgan fingerprint density at radius 1 is 1.00 bits per heavy atom. The maximum absolute atomic E-state index is 6.04. The molecule has 0 bridgehead atoms. The van der Waals surface area contributed by atoms with Crippen molar-refractivity contribution < 1.29 is 0 Å². The highest BCUT2D eigenvalue weighted by Crippen LogP contribution is 2.27. The van der Waals surface area contributed by atoms with Crippen LogP contribution >= 0.6 is 33.2 Å². The standard InChI is InChI=1S/C10H13Cl3Si/c1-10(2,3)8-6-4-5-7-9(8)14(11,12)13/h4-7H,1-3H3. The van der Waals surface area contributed by atoms with E-state index < -0.39 is 6.00 Å². The van der Waals surface area contributed by atoms with E-state index in [0.717, 1.165) is 10.8 Å².